The van der Waals surface area contributed by atoms with Crippen LogP contribution in [0.3, 0.4) is 0 Å². The highest BCUT2D eigenvalue weighted by Gasteiger charge is 2.38. The van der Waals surface area contributed by atoms with Crippen molar-refractivity contribution in [2.75, 3.05) is 13.2 Å². The minimum atomic E-state index is -1.56. The van der Waals surface area contributed by atoms with Crippen LogP contribution in [0.1, 0.15) is 13.8 Å². The molecule has 0 fully saturated rings. The number of esters is 2. The first-order valence-electron chi connectivity index (χ1n) is 5.25. The van der Waals surface area contributed by atoms with Crippen LogP contribution < -0.4 is 0 Å². The van der Waals surface area contributed by atoms with Crippen LogP contribution >= 0.6 is 0 Å². The average Bonchev–Trinajstić information content (AvgIpc) is 2.30. The summed E-state index contributed by atoms with van der Waals surface area (Å²) in [5.74, 6) is -1.59. The van der Waals surface area contributed by atoms with Gasteiger partial charge in [0.25, 0.3) is 0 Å². The zero-order valence-corrected chi connectivity index (χ0v) is 10.1. The number of aliphatic hydroxyl groups excluding tert-OH is 4. The van der Waals surface area contributed by atoms with Crippen LogP contribution in [0.15, 0.2) is 0 Å². The van der Waals surface area contributed by atoms with Crippen molar-refractivity contribution in [1.82, 2.24) is 0 Å². The smallest absolute Gasteiger partial charge is 0.303 e. The van der Waals surface area contributed by atoms with Crippen molar-refractivity contribution in [3.63, 3.8) is 0 Å². The summed E-state index contributed by atoms with van der Waals surface area (Å²) in [6.45, 7) is 0.558. The minimum absolute atomic E-state index is 0.770. The Morgan fingerprint density at radius 2 is 1.17 bits per heavy atom. The topological polar surface area (TPSA) is 134 Å². The lowest BCUT2D eigenvalue weighted by atomic mass is 10.0. The van der Waals surface area contributed by atoms with Gasteiger partial charge >= 0.3 is 11.9 Å². The molecule has 0 spiro atoms. The predicted octanol–water partition coefficient (Wildman–Crippen LogP) is -2.44. The lowest BCUT2D eigenvalue weighted by molar-refractivity contribution is -0.190. The van der Waals surface area contributed by atoms with E-state index in [4.69, 9.17) is 19.7 Å². The third-order valence-electron chi connectivity index (χ3n) is 2.06. The number of hydrogen-bond donors (Lipinski definition) is 4. The third-order valence-corrected chi connectivity index (χ3v) is 2.06. The Balaban J connectivity index is 5.04. The molecule has 0 aromatic carbocycles. The minimum Gasteiger partial charge on any atom is -0.456 e. The highest BCUT2D eigenvalue weighted by Crippen LogP contribution is 2.14. The molecule has 0 aliphatic heterocycles. The standard InChI is InChI=1S/C10H18O8/c1-5(13)17-9(7(15)3-11)10(8(16)4-12)18-6(2)14/h7-12,15-16H,3-4H2,1-2H3/t7-,8-,9-,10-/m1/s1. The molecule has 0 rings (SSSR count). The van der Waals surface area contributed by atoms with E-state index in [0.717, 1.165) is 13.8 Å². The van der Waals surface area contributed by atoms with Gasteiger partial charge in [0.15, 0.2) is 12.2 Å². The van der Waals surface area contributed by atoms with E-state index in [1.165, 1.54) is 0 Å². The van der Waals surface area contributed by atoms with Crippen LogP contribution in [0.4, 0.5) is 0 Å². The second-order valence-corrected chi connectivity index (χ2v) is 3.65. The molecule has 0 aromatic rings. The fourth-order valence-electron chi connectivity index (χ4n) is 1.32. The number of rotatable bonds is 7. The van der Waals surface area contributed by atoms with Crippen molar-refractivity contribution in [2.45, 2.75) is 38.3 Å². The van der Waals surface area contributed by atoms with Gasteiger partial charge in [-0.25, -0.2) is 0 Å². The first-order valence-corrected chi connectivity index (χ1v) is 5.25. The van der Waals surface area contributed by atoms with Gasteiger partial charge in [-0.15, -0.1) is 0 Å². The van der Waals surface area contributed by atoms with Crippen LogP contribution in [0, 0.1) is 0 Å². The number of carbonyl (C=O) groups is 2. The largest absolute Gasteiger partial charge is 0.456 e. The van der Waals surface area contributed by atoms with Crippen LogP contribution in [-0.4, -0.2) is 70.0 Å². The average molecular weight is 266 g/mol. The Bertz CT molecular complexity index is 251. The lowest BCUT2D eigenvalue weighted by Crippen LogP contribution is -2.51. The fraction of sp³-hybridized carbons (Fsp3) is 0.800. The van der Waals surface area contributed by atoms with E-state index < -0.39 is 49.6 Å². The molecule has 0 aliphatic carbocycles. The third kappa shape index (κ3) is 5.41. The van der Waals surface area contributed by atoms with E-state index in [-0.39, 0.29) is 0 Å². The van der Waals surface area contributed by atoms with Gasteiger partial charge in [-0.1, -0.05) is 0 Å². The van der Waals surface area contributed by atoms with E-state index in [0.29, 0.717) is 0 Å². The maximum absolute atomic E-state index is 10.9. The molecule has 106 valence electrons. The van der Waals surface area contributed by atoms with Gasteiger partial charge in [0.1, 0.15) is 12.2 Å². The molecule has 0 bridgehead atoms. The van der Waals surface area contributed by atoms with Gasteiger partial charge in [0, 0.05) is 13.8 Å². The van der Waals surface area contributed by atoms with Crippen molar-refractivity contribution in [2.24, 2.45) is 0 Å². The van der Waals surface area contributed by atoms with Crippen LogP contribution in [-0.2, 0) is 19.1 Å². The molecule has 0 aliphatic rings. The molecule has 18 heavy (non-hydrogen) atoms. The number of hydrogen-bond acceptors (Lipinski definition) is 8. The summed E-state index contributed by atoms with van der Waals surface area (Å²) in [6.07, 6.45) is -6.06. The van der Waals surface area contributed by atoms with Crippen LogP contribution in [0.25, 0.3) is 0 Å². The Labute approximate surface area is 104 Å². The van der Waals surface area contributed by atoms with E-state index in [9.17, 15) is 19.8 Å². The zero-order chi connectivity index (χ0) is 14.3. The molecule has 0 amide bonds. The maximum atomic E-state index is 10.9. The normalized spacial score (nSPS) is 17.4. The molecule has 0 radical (unpaired) electrons. The number of aliphatic hydroxyl groups is 4. The van der Waals surface area contributed by atoms with Crippen molar-refractivity contribution < 1.29 is 39.5 Å². The molecule has 4 N–H and O–H groups in total. The summed E-state index contributed by atoms with van der Waals surface area (Å²) >= 11 is 0. The number of ether oxygens (including phenoxy) is 2. The molecule has 8 heteroatoms. The quantitative estimate of drug-likeness (QED) is 0.373. The van der Waals surface area contributed by atoms with Gasteiger partial charge in [-0.05, 0) is 0 Å². The second kappa shape index (κ2) is 7.98. The van der Waals surface area contributed by atoms with Gasteiger partial charge in [0.2, 0.25) is 0 Å². The molecule has 0 heterocycles. The predicted molar refractivity (Wildman–Crippen MR) is 57.3 cm³/mol. The van der Waals surface area contributed by atoms with Gasteiger partial charge in [0.05, 0.1) is 13.2 Å². The highest BCUT2D eigenvalue weighted by molar-refractivity contribution is 5.67. The summed E-state index contributed by atoms with van der Waals surface area (Å²) in [6, 6.07) is 0. The molecular formula is C10H18O8. The Morgan fingerprint density at radius 3 is 1.33 bits per heavy atom. The SMILES string of the molecule is CC(=O)O[C@@H]([C@H](OC(C)=O)[C@H](O)CO)[C@H](O)CO. The zero-order valence-electron chi connectivity index (χ0n) is 10.1. The van der Waals surface area contributed by atoms with Gasteiger partial charge in [-0.3, -0.25) is 9.59 Å². The maximum Gasteiger partial charge on any atom is 0.303 e. The molecule has 0 unspecified atom stereocenters. The van der Waals surface area contributed by atoms with Crippen molar-refractivity contribution in [3.05, 3.63) is 0 Å². The van der Waals surface area contributed by atoms with E-state index in [2.05, 4.69) is 0 Å². The van der Waals surface area contributed by atoms with E-state index >= 15 is 0 Å². The summed E-state index contributed by atoms with van der Waals surface area (Å²) in [5, 5.41) is 36.6. The molecule has 4 atom stereocenters. The number of carbonyl (C=O) groups excluding carboxylic acids is 2. The van der Waals surface area contributed by atoms with Gasteiger partial charge in [-0.2, -0.15) is 0 Å². The molecule has 0 saturated carbocycles. The molecule has 0 aromatic heterocycles. The second-order valence-electron chi connectivity index (χ2n) is 3.65. The molecular weight excluding hydrogens is 248 g/mol. The highest BCUT2D eigenvalue weighted by atomic mass is 16.6. The summed E-state index contributed by atoms with van der Waals surface area (Å²) in [5.41, 5.74) is 0. The fourth-order valence-corrected chi connectivity index (χ4v) is 1.32. The van der Waals surface area contributed by atoms with Gasteiger partial charge < -0.3 is 29.9 Å². The molecule has 8 nitrogen and oxygen atoms in total. The molecule has 0 saturated heterocycles. The Morgan fingerprint density at radius 1 is 0.889 bits per heavy atom. The summed E-state index contributed by atoms with van der Waals surface area (Å²) in [4.78, 5) is 21.8. The van der Waals surface area contributed by atoms with E-state index in [1.54, 1.807) is 0 Å². The van der Waals surface area contributed by atoms with Crippen LogP contribution in [0.2, 0.25) is 0 Å². The van der Waals surface area contributed by atoms with E-state index in [1.807, 2.05) is 0 Å². The van der Waals surface area contributed by atoms with Crippen molar-refractivity contribution >= 4 is 11.9 Å². The lowest BCUT2D eigenvalue weighted by Gasteiger charge is -2.31. The summed E-state index contributed by atoms with van der Waals surface area (Å²) < 4.78 is 9.38. The van der Waals surface area contributed by atoms with Crippen LogP contribution in [0.5, 0.6) is 0 Å². The Kier molecular flexibility index (Phi) is 7.44. The first-order chi connectivity index (χ1) is 8.33. The Hall–Kier alpha value is -1.22. The van der Waals surface area contributed by atoms with Crippen molar-refractivity contribution in [1.29, 1.82) is 0 Å². The monoisotopic (exact) mass is 266 g/mol. The first kappa shape index (κ1) is 16.8. The van der Waals surface area contributed by atoms with Crippen molar-refractivity contribution in [3.8, 4) is 0 Å². The summed E-state index contributed by atoms with van der Waals surface area (Å²) in [7, 11) is 0.